The van der Waals surface area contributed by atoms with Crippen LogP contribution in [0.25, 0.3) is 0 Å². The first kappa shape index (κ1) is 36.6. The lowest BCUT2D eigenvalue weighted by molar-refractivity contribution is -0.155. The smallest absolute Gasteiger partial charge is 0.338 e. The minimum atomic E-state index is -0.929. The number of dihydropyridines is 1. The topological polar surface area (TPSA) is 89.6 Å². The number of terminal acetylenes is 1. The second-order valence-electron chi connectivity index (χ2n) is 12.8. The molecule has 9 nitrogen and oxygen atoms in total. The summed E-state index contributed by atoms with van der Waals surface area (Å²) < 4.78 is 23.1. The number of carbonyl (C=O) groups excluding carboxylic acids is 2. The third-order valence-electron chi connectivity index (χ3n) is 9.16. The van der Waals surface area contributed by atoms with Gasteiger partial charge in [-0.2, -0.15) is 0 Å². The molecule has 2 atom stereocenters. The van der Waals surface area contributed by atoms with E-state index >= 15 is 0 Å². The Balaban J connectivity index is 1.41. The van der Waals surface area contributed by atoms with Crippen molar-refractivity contribution in [3.8, 4) is 12.3 Å². The van der Waals surface area contributed by atoms with E-state index in [0.717, 1.165) is 13.1 Å². The van der Waals surface area contributed by atoms with Gasteiger partial charge in [0.25, 0.3) is 0 Å². The summed E-state index contributed by atoms with van der Waals surface area (Å²) in [4.78, 5) is 32.8. The van der Waals surface area contributed by atoms with Crippen LogP contribution in [0.4, 0.5) is 0 Å². The number of methoxy groups -OCH3 is 2. The fourth-order valence-electron chi connectivity index (χ4n) is 6.83. The molecular formula is C41H47N3O6. The van der Waals surface area contributed by atoms with Gasteiger partial charge in [0, 0.05) is 51.7 Å². The molecule has 0 aliphatic carbocycles. The zero-order valence-corrected chi connectivity index (χ0v) is 29.7. The number of piperazine rings is 1. The molecule has 0 radical (unpaired) electrons. The lowest BCUT2D eigenvalue weighted by Crippen LogP contribution is -2.51. The summed E-state index contributed by atoms with van der Waals surface area (Å²) in [6, 6.07) is 28.4. The van der Waals surface area contributed by atoms with E-state index in [0.29, 0.717) is 35.6 Å². The highest BCUT2D eigenvalue weighted by Crippen LogP contribution is 2.41. The standard InChI is InChI=1S/C41H47N3O6/c1-8-30-16-15-21-33(26-30)35-34(28(4)42-37(41(47-6)48-7)36(35)40(46)49-27(2)3)39(45)50-29(5)43-22-24-44(25-23-43)38(31-17-11-9-12-18-31)32-19-13-10-14-20-32/h1,9-21,26-27,29,35,38,41-42H,22-25H2,2-7H3. The molecule has 0 amide bonds. The molecule has 2 unspecified atom stereocenters. The number of rotatable bonds is 12. The summed E-state index contributed by atoms with van der Waals surface area (Å²) in [6.07, 6.45) is 3.90. The van der Waals surface area contributed by atoms with Crippen molar-refractivity contribution in [1.82, 2.24) is 15.1 Å². The zero-order chi connectivity index (χ0) is 35.8. The van der Waals surface area contributed by atoms with Crippen molar-refractivity contribution in [3.05, 3.63) is 130 Å². The summed E-state index contributed by atoms with van der Waals surface area (Å²) in [5.41, 5.74) is 5.05. The molecular weight excluding hydrogens is 630 g/mol. The van der Waals surface area contributed by atoms with Crippen molar-refractivity contribution in [2.24, 2.45) is 0 Å². The van der Waals surface area contributed by atoms with Crippen molar-refractivity contribution < 1.29 is 28.5 Å². The summed E-state index contributed by atoms with van der Waals surface area (Å²) in [6.45, 7) is 10.2. The molecule has 0 bridgehead atoms. The Hall–Kier alpha value is -4.72. The Morgan fingerprint density at radius 3 is 1.88 bits per heavy atom. The molecule has 3 aromatic rings. The lowest BCUT2D eigenvalue weighted by Gasteiger charge is -2.41. The first-order valence-corrected chi connectivity index (χ1v) is 17.0. The third-order valence-corrected chi connectivity index (χ3v) is 9.16. The Morgan fingerprint density at radius 1 is 0.780 bits per heavy atom. The minimum absolute atomic E-state index is 0.117. The fraction of sp³-hybridized carbons (Fsp3) is 0.366. The minimum Gasteiger partial charge on any atom is -0.460 e. The van der Waals surface area contributed by atoms with Gasteiger partial charge in [-0.05, 0) is 56.5 Å². The van der Waals surface area contributed by atoms with Crippen molar-refractivity contribution in [1.29, 1.82) is 0 Å². The summed E-state index contributed by atoms with van der Waals surface area (Å²) in [5, 5.41) is 3.23. The number of benzene rings is 3. The largest absolute Gasteiger partial charge is 0.460 e. The first-order valence-electron chi connectivity index (χ1n) is 17.0. The SMILES string of the molecule is C#Cc1cccc(C2C(C(=O)OC(C)N3CCN(C(c4ccccc4)c4ccccc4)CC3)=C(C)NC(C(OC)OC)=C2C(=O)OC(C)C)c1. The van der Waals surface area contributed by atoms with Crippen LogP contribution in [-0.2, 0) is 28.5 Å². The number of nitrogens with zero attached hydrogens (tertiary/aromatic N) is 2. The number of carbonyl (C=O) groups is 2. The van der Waals surface area contributed by atoms with Crippen molar-refractivity contribution in [2.75, 3.05) is 40.4 Å². The quantitative estimate of drug-likeness (QED) is 0.146. The van der Waals surface area contributed by atoms with E-state index in [2.05, 4.69) is 69.6 Å². The lowest BCUT2D eigenvalue weighted by atomic mass is 9.79. The Labute approximate surface area is 295 Å². The van der Waals surface area contributed by atoms with Gasteiger partial charge in [-0.15, -0.1) is 6.42 Å². The number of nitrogens with one attached hydrogen (secondary N) is 1. The molecule has 262 valence electrons. The van der Waals surface area contributed by atoms with Crippen LogP contribution in [0.15, 0.2) is 107 Å². The Bertz CT molecular complexity index is 1700. The fourth-order valence-corrected chi connectivity index (χ4v) is 6.83. The molecule has 0 saturated carbocycles. The predicted molar refractivity (Wildman–Crippen MR) is 192 cm³/mol. The summed E-state index contributed by atoms with van der Waals surface area (Å²) >= 11 is 0. The normalized spacial score (nSPS) is 17.9. The molecule has 2 aliphatic heterocycles. The molecule has 1 fully saturated rings. The van der Waals surface area contributed by atoms with E-state index in [1.165, 1.54) is 25.3 Å². The van der Waals surface area contributed by atoms with Gasteiger partial charge in [-0.1, -0.05) is 78.7 Å². The van der Waals surface area contributed by atoms with E-state index in [4.69, 9.17) is 25.4 Å². The summed E-state index contributed by atoms with van der Waals surface area (Å²) in [5.74, 6) is 0.640. The Morgan fingerprint density at radius 2 is 1.34 bits per heavy atom. The van der Waals surface area contributed by atoms with E-state index in [-0.39, 0.29) is 17.2 Å². The van der Waals surface area contributed by atoms with Crippen molar-refractivity contribution >= 4 is 11.9 Å². The van der Waals surface area contributed by atoms with Crippen LogP contribution in [0.2, 0.25) is 0 Å². The molecule has 9 heteroatoms. The molecule has 3 aromatic carbocycles. The van der Waals surface area contributed by atoms with Gasteiger partial charge < -0.3 is 24.3 Å². The third kappa shape index (κ3) is 8.18. The number of allylic oxidation sites excluding steroid dienone is 1. The van der Waals surface area contributed by atoms with Crippen molar-refractivity contribution in [3.63, 3.8) is 0 Å². The van der Waals surface area contributed by atoms with Crippen LogP contribution in [0, 0.1) is 12.3 Å². The van der Waals surface area contributed by atoms with Crippen LogP contribution >= 0.6 is 0 Å². The number of esters is 2. The maximum atomic E-state index is 14.3. The van der Waals surface area contributed by atoms with Gasteiger partial charge in [-0.25, -0.2) is 9.59 Å². The second kappa shape index (κ2) is 16.8. The maximum Gasteiger partial charge on any atom is 0.338 e. The number of hydrogen-bond donors (Lipinski definition) is 1. The monoisotopic (exact) mass is 677 g/mol. The molecule has 0 aromatic heterocycles. The second-order valence-corrected chi connectivity index (χ2v) is 12.8. The molecule has 2 aliphatic rings. The predicted octanol–water partition coefficient (Wildman–Crippen LogP) is 5.75. The van der Waals surface area contributed by atoms with E-state index in [1.54, 1.807) is 39.0 Å². The van der Waals surface area contributed by atoms with Gasteiger partial charge in [0.2, 0.25) is 0 Å². The summed E-state index contributed by atoms with van der Waals surface area (Å²) in [7, 11) is 2.96. The molecule has 50 heavy (non-hydrogen) atoms. The molecule has 2 heterocycles. The molecule has 1 saturated heterocycles. The number of hydrogen-bond acceptors (Lipinski definition) is 9. The van der Waals surface area contributed by atoms with Crippen LogP contribution in [-0.4, -0.2) is 80.8 Å². The van der Waals surface area contributed by atoms with Crippen LogP contribution in [0.3, 0.4) is 0 Å². The van der Waals surface area contributed by atoms with Gasteiger partial charge in [0.1, 0.15) is 0 Å². The first-order chi connectivity index (χ1) is 24.2. The molecule has 0 spiro atoms. The Kier molecular flexibility index (Phi) is 12.3. The van der Waals surface area contributed by atoms with Gasteiger partial charge in [-0.3, -0.25) is 9.80 Å². The van der Waals surface area contributed by atoms with Gasteiger partial charge >= 0.3 is 11.9 Å². The van der Waals surface area contributed by atoms with Crippen LogP contribution < -0.4 is 5.32 Å². The average molecular weight is 678 g/mol. The highest BCUT2D eigenvalue weighted by molar-refractivity contribution is 6.00. The zero-order valence-electron chi connectivity index (χ0n) is 29.7. The van der Waals surface area contributed by atoms with E-state index in [9.17, 15) is 9.59 Å². The molecule has 1 N–H and O–H groups in total. The van der Waals surface area contributed by atoms with Gasteiger partial charge in [0.15, 0.2) is 12.5 Å². The highest BCUT2D eigenvalue weighted by Gasteiger charge is 2.42. The van der Waals surface area contributed by atoms with Crippen LogP contribution in [0.5, 0.6) is 0 Å². The molecule has 5 rings (SSSR count). The van der Waals surface area contributed by atoms with Gasteiger partial charge in [0.05, 0.1) is 34.9 Å². The average Bonchev–Trinajstić information content (AvgIpc) is 3.12. The van der Waals surface area contributed by atoms with Crippen LogP contribution in [0.1, 0.15) is 61.9 Å². The van der Waals surface area contributed by atoms with Crippen molar-refractivity contribution in [2.45, 2.75) is 58.3 Å². The van der Waals surface area contributed by atoms with E-state index < -0.39 is 36.5 Å². The highest BCUT2D eigenvalue weighted by atomic mass is 16.7. The maximum absolute atomic E-state index is 14.3. The van der Waals surface area contributed by atoms with E-state index in [1.807, 2.05) is 25.1 Å². The number of ether oxygens (including phenoxy) is 4.